The number of hydrogen-bond acceptors (Lipinski definition) is 4. The van der Waals surface area contributed by atoms with Crippen molar-refractivity contribution in [2.75, 3.05) is 32.9 Å². The third-order valence-electron chi connectivity index (χ3n) is 2.95. The number of rotatable bonds is 5. The van der Waals surface area contributed by atoms with Gasteiger partial charge in [-0.25, -0.2) is 0 Å². The third-order valence-corrected chi connectivity index (χ3v) is 2.95. The van der Waals surface area contributed by atoms with Crippen molar-refractivity contribution in [3.8, 4) is 0 Å². The van der Waals surface area contributed by atoms with E-state index in [-0.39, 0.29) is 12.0 Å². The molecule has 1 aliphatic heterocycles. The van der Waals surface area contributed by atoms with Crippen molar-refractivity contribution in [3.63, 3.8) is 0 Å². The molecule has 0 spiro atoms. The summed E-state index contributed by atoms with van der Waals surface area (Å²) >= 11 is 0. The van der Waals surface area contributed by atoms with E-state index in [1.807, 2.05) is 13.8 Å². The topological polar surface area (TPSA) is 50.7 Å². The van der Waals surface area contributed by atoms with E-state index >= 15 is 0 Å². The first-order valence-electron chi connectivity index (χ1n) is 5.65. The van der Waals surface area contributed by atoms with Crippen LogP contribution in [0.4, 0.5) is 0 Å². The Kier molecular flexibility index (Phi) is 4.99. The van der Waals surface area contributed by atoms with E-state index in [1.165, 1.54) is 0 Å². The highest BCUT2D eigenvalue weighted by Crippen LogP contribution is 2.16. The van der Waals surface area contributed by atoms with Gasteiger partial charge < -0.3 is 19.9 Å². The van der Waals surface area contributed by atoms with E-state index in [0.717, 1.165) is 19.7 Å². The van der Waals surface area contributed by atoms with Crippen molar-refractivity contribution in [3.05, 3.63) is 0 Å². The van der Waals surface area contributed by atoms with Crippen LogP contribution in [-0.4, -0.2) is 49.7 Å². The van der Waals surface area contributed by atoms with Crippen LogP contribution in [-0.2, 0) is 9.47 Å². The number of nitrogens with one attached hydrogen (secondary N) is 1. The number of morpholine rings is 1. The Morgan fingerprint density at radius 3 is 2.87 bits per heavy atom. The van der Waals surface area contributed by atoms with Gasteiger partial charge in [-0.1, -0.05) is 13.8 Å². The Labute approximate surface area is 92.0 Å². The zero-order chi connectivity index (χ0) is 11.3. The molecule has 0 amide bonds. The molecule has 0 bridgehead atoms. The van der Waals surface area contributed by atoms with Crippen LogP contribution in [0.25, 0.3) is 0 Å². The molecule has 4 heteroatoms. The summed E-state index contributed by atoms with van der Waals surface area (Å²) in [7, 11) is 0. The predicted octanol–water partition coefficient (Wildman–Crippen LogP) is 0.398. The van der Waals surface area contributed by atoms with Gasteiger partial charge in [0.1, 0.15) is 0 Å². The van der Waals surface area contributed by atoms with Crippen LogP contribution < -0.4 is 5.32 Å². The zero-order valence-electron chi connectivity index (χ0n) is 9.95. The minimum atomic E-state index is -0.748. The summed E-state index contributed by atoms with van der Waals surface area (Å²) in [5, 5.41) is 13.2. The second kappa shape index (κ2) is 5.80. The average molecular weight is 217 g/mol. The van der Waals surface area contributed by atoms with Crippen molar-refractivity contribution >= 4 is 0 Å². The van der Waals surface area contributed by atoms with E-state index in [1.54, 1.807) is 6.92 Å². The molecule has 0 aliphatic carbocycles. The van der Waals surface area contributed by atoms with Gasteiger partial charge in [0, 0.05) is 13.1 Å². The summed E-state index contributed by atoms with van der Waals surface area (Å²) in [6, 6.07) is 0. The lowest BCUT2D eigenvalue weighted by Crippen LogP contribution is -2.43. The predicted molar refractivity (Wildman–Crippen MR) is 58.9 cm³/mol. The summed E-state index contributed by atoms with van der Waals surface area (Å²) in [4.78, 5) is 0. The van der Waals surface area contributed by atoms with Crippen LogP contribution >= 0.6 is 0 Å². The SMILES string of the molecule is CC(C)C(C)(O)COCC1CNCCO1. The van der Waals surface area contributed by atoms with Gasteiger partial charge in [0.2, 0.25) is 0 Å². The molecule has 90 valence electrons. The van der Waals surface area contributed by atoms with Crippen LogP contribution in [0.15, 0.2) is 0 Å². The quantitative estimate of drug-likeness (QED) is 0.700. The Morgan fingerprint density at radius 1 is 1.60 bits per heavy atom. The Morgan fingerprint density at radius 2 is 2.33 bits per heavy atom. The van der Waals surface area contributed by atoms with Crippen molar-refractivity contribution in [1.82, 2.24) is 5.32 Å². The number of hydrogen-bond donors (Lipinski definition) is 2. The highest BCUT2D eigenvalue weighted by molar-refractivity contribution is 4.76. The van der Waals surface area contributed by atoms with Gasteiger partial charge in [-0.3, -0.25) is 0 Å². The average Bonchev–Trinajstić information content (AvgIpc) is 2.19. The highest BCUT2D eigenvalue weighted by Gasteiger charge is 2.25. The fourth-order valence-corrected chi connectivity index (χ4v) is 1.29. The lowest BCUT2D eigenvalue weighted by Gasteiger charge is -2.29. The third kappa shape index (κ3) is 4.47. The molecule has 1 heterocycles. The van der Waals surface area contributed by atoms with Gasteiger partial charge in [0.05, 0.1) is 31.5 Å². The maximum atomic E-state index is 9.94. The Bertz CT molecular complexity index is 177. The van der Waals surface area contributed by atoms with E-state index in [4.69, 9.17) is 9.47 Å². The van der Waals surface area contributed by atoms with Gasteiger partial charge in [0.25, 0.3) is 0 Å². The molecule has 0 aromatic heterocycles. The van der Waals surface area contributed by atoms with Crippen LogP contribution in [0.2, 0.25) is 0 Å². The van der Waals surface area contributed by atoms with Gasteiger partial charge in [0.15, 0.2) is 0 Å². The smallest absolute Gasteiger partial charge is 0.0933 e. The minimum Gasteiger partial charge on any atom is -0.388 e. The zero-order valence-corrected chi connectivity index (χ0v) is 9.95. The summed E-state index contributed by atoms with van der Waals surface area (Å²) < 4.78 is 11.0. The monoisotopic (exact) mass is 217 g/mol. The van der Waals surface area contributed by atoms with Crippen LogP contribution in [0.1, 0.15) is 20.8 Å². The molecule has 2 unspecified atom stereocenters. The van der Waals surface area contributed by atoms with Crippen molar-refractivity contribution < 1.29 is 14.6 Å². The molecule has 1 rings (SSSR count). The molecule has 15 heavy (non-hydrogen) atoms. The van der Waals surface area contributed by atoms with Crippen molar-refractivity contribution in [1.29, 1.82) is 0 Å². The van der Waals surface area contributed by atoms with Crippen molar-refractivity contribution in [2.45, 2.75) is 32.5 Å². The van der Waals surface area contributed by atoms with Crippen LogP contribution in [0.3, 0.4) is 0 Å². The van der Waals surface area contributed by atoms with E-state index in [9.17, 15) is 5.11 Å². The Hall–Kier alpha value is -0.160. The lowest BCUT2D eigenvalue weighted by molar-refractivity contribution is -0.0931. The maximum Gasteiger partial charge on any atom is 0.0933 e. The standard InChI is InChI=1S/C11H23NO3/c1-9(2)11(3,13)8-14-7-10-6-12-4-5-15-10/h9-10,12-13H,4-8H2,1-3H3. The summed E-state index contributed by atoms with van der Waals surface area (Å²) in [6.07, 6.45) is 0.127. The largest absolute Gasteiger partial charge is 0.388 e. The molecule has 0 aromatic rings. The Balaban J connectivity index is 2.14. The first-order valence-corrected chi connectivity index (χ1v) is 5.65. The van der Waals surface area contributed by atoms with Gasteiger partial charge in [-0.15, -0.1) is 0 Å². The molecule has 1 aliphatic rings. The molecule has 2 N–H and O–H groups in total. The van der Waals surface area contributed by atoms with E-state index < -0.39 is 5.60 Å². The van der Waals surface area contributed by atoms with Gasteiger partial charge in [-0.05, 0) is 12.8 Å². The molecule has 1 fully saturated rings. The van der Waals surface area contributed by atoms with Crippen molar-refractivity contribution in [2.24, 2.45) is 5.92 Å². The van der Waals surface area contributed by atoms with Crippen LogP contribution in [0, 0.1) is 5.92 Å². The number of aliphatic hydroxyl groups is 1. The molecular weight excluding hydrogens is 194 g/mol. The first kappa shape index (κ1) is 12.9. The second-order valence-electron chi connectivity index (χ2n) is 4.72. The first-order chi connectivity index (χ1) is 7.02. The van der Waals surface area contributed by atoms with Gasteiger partial charge >= 0.3 is 0 Å². The van der Waals surface area contributed by atoms with Crippen LogP contribution in [0.5, 0.6) is 0 Å². The highest BCUT2D eigenvalue weighted by atomic mass is 16.5. The lowest BCUT2D eigenvalue weighted by atomic mass is 9.94. The molecule has 0 aromatic carbocycles. The van der Waals surface area contributed by atoms with E-state index in [2.05, 4.69) is 5.32 Å². The van der Waals surface area contributed by atoms with Gasteiger partial charge in [-0.2, -0.15) is 0 Å². The molecule has 2 atom stereocenters. The number of ether oxygens (including phenoxy) is 2. The molecular formula is C11H23NO3. The fourth-order valence-electron chi connectivity index (χ4n) is 1.29. The minimum absolute atomic E-state index is 0.127. The second-order valence-corrected chi connectivity index (χ2v) is 4.72. The fraction of sp³-hybridized carbons (Fsp3) is 1.00. The normalized spacial score (nSPS) is 26.6. The molecule has 4 nitrogen and oxygen atoms in total. The van der Waals surface area contributed by atoms with E-state index in [0.29, 0.717) is 13.2 Å². The molecule has 1 saturated heterocycles. The maximum absolute atomic E-state index is 9.94. The summed E-state index contributed by atoms with van der Waals surface area (Å²) in [5.74, 6) is 0.197. The molecule has 0 radical (unpaired) electrons. The summed E-state index contributed by atoms with van der Waals surface area (Å²) in [6.45, 7) is 9.20. The summed E-state index contributed by atoms with van der Waals surface area (Å²) in [5.41, 5.74) is -0.748. The molecule has 0 saturated carbocycles.